The molecular weight excluding hydrogens is 278 g/mol. The molecule has 1 aromatic rings. The fraction of sp³-hybridized carbons (Fsp3) is 0.571. The predicted molar refractivity (Wildman–Crippen MR) is 81.6 cm³/mol. The van der Waals surface area contributed by atoms with Crippen LogP contribution in [-0.4, -0.2) is 43.0 Å². The highest BCUT2D eigenvalue weighted by Crippen LogP contribution is 2.32. The van der Waals surface area contributed by atoms with Crippen LogP contribution >= 0.6 is 11.6 Å². The fourth-order valence-corrected chi connectivity index (χ4v) is 2.83. The molecule has 1 saturated heterocycles. The first-order valence-corrected chi connectivity index (χ1v) is 7.31. The third-order valence-corrected chi connectivity index (χ3v) is 4.17. The molecule has 1 fully saturated rings. The maximum Gasteiger partial charge on any atom is 0.292 e. The minimum Gasteiger partial charge on any atom is -0.364 e. The number of anilines is 1. The van der Waals surface area contributed by atoms with Crippen molar-refractivity contribution < 1.29 is 4.92 Å². The van der Waals surface area contributed by atoms with Crippen LogP contribution in [0.1, 0.15) is 18.4 Å². The summed E-state index contributed by atoms with van der Waals surface area (Å²) in [6.07, 6.45) is 2.19. The molecule has 1 aromatic carbocycles. The van der Waals surface area contributed by atoms with Crippen molar-refractivity contribution in [2.45, 2.75) is 24.8 Å². The second kappa shape index (κ2) is 6.41. The van der Waals surface area contributed by atoms with Crippen LogP contribution in [0.3, 0.4) is 0 Å². The molecule has 0 aliphatic carbocycles. The topological polar surface area (TPSA) is 49.6 Å². The van der Waals surface area contributed by atoms with Gasteiger partial charge in [0.25, 0.3) is 5.69 Å². The largest absolute Gasteiger partial charge is 0.364 e. The zero-order chi connectivity index (χ0) is 14.7. The molecule has 1 aliphatic heterocycles. The lowest BCUT2D eigenvalue weighted by Gasteiger charge is -2.37. The molecule has 0 saturated carbocycles. The number of hydrogen-bond donors (Lipinski definition) is 0. The number of rotatable bonds is 4. The van der Waals surface area contributed by atoms with E-state index in [1.165, 1.54) is 0 Å². The molecule has 1 heterocycles. The number of likely N-dealkylation sites (N-methyl/N-ethyl adjacent to an activating group) is 1. The Hall–Kier alpha value is -1.33. The first-order valence-electron chi connectivity index (χ1n) is 6.77. The van der Waals surface area contributed by atoms with Crippen molar-refractivity contribution >= 4 is 23.0 Å². The first-order chi connectivity index (χ1) is 9.52. The van der Waals surface area contributed by atoms with Crippen molar-refractivity contribution in [2.24, 2.45) is 0 Å². The fourth-order valence-electron chi connectivity index (χ4n) is 2.66. The molecule has 0 N–H and O–H groups in total. The van der Waals surface area contributed by atoms with Crippen LogP contribution in [0.2, 0.25) is 0 Å². The molecule has 2 rings (SSSR count). The van der Waals surface area contributed by atoms with E-state index in [2.05, 4.69) is 23.9 Å². The minimum atomic E-state index is -0.315. The zero-order valence-electron chi connectivity index (χ0n) is 11.9. The van der Waals surface area contributed by atoms with E-state index < -0.39 is 0 Å². The van der Waals surface area contributed by atoms with Crippen molar-refractivity contribution in [1.29, 1.82) is 0 Å². The number of benzene rings is 1. The van der Waals surface area contributed by atoms with E-state index in [-0.39, 0.29) is 10.6 Å². The lowest BCUT2D eigenvalue weighted by molar-refractivity contribution is -0.384. The predicted octanol–water partition coefficient (Wildman–Crippen LogP) is 2.86. The number of alkyl halides is 1. The molecule has 0 aromatic heterocycles. The van der Waals surface area contributed by atoms with Gasteiger partial charge in [0.1, 0.15) is 5.69 Å². The van der Waals surface area contributed by atoms with Crippen LogP contribution in [0.25, 0.3) is 0 Å². The van der Waals surface area contributed by atoms with Gasteiger partial charge < -0.3 is 9.80 Å². The molecule has 6 heteroatoms. The monoisotopic (exact) mass is 297 g/mol. The molecule has 0 spiro atoms. The maximum absolute atomic E-state index is 11.3. The van der Waals surface area contributed by atoms with Gasteiger partial charge in [0.2, 0.25) is 0 Å². The van der Waals surface area contributed by atoms with Gasteiger partial charge in [-0.15, -0.1) is 11.6 Å². The van der Waals surface area contributed by atoms with Crippen LogP contribution in [0, 0.1) is 10.1 Å². The molecule has 0 radical (unpaired) electrons. The van der Waals surface area contributed by atoms with Crippen molar-refractivity contribution in [1.82, 2.24) is 4.90 Å². The van der Waals surface area contributed by atoms with E-state index in [0.29, 0.717) is 17.6 Å². The first kappa shape index (κ1) is 15.1. The average Bonchev–Trinajstić information content (AvgIpc) is 2.46. The minimum absolute atomic E-state index is 0.155. The Labute approximate surface area is 124 Å². The second-order valence-electron chi connectivity index (χ2n) is 5.42. The molecule has 0 bridgehead atoms. The summed E-state index contributed by atoms with van der Waals surface area (Å²) in [7, 11) is 4.11. The highest BCUT2D eigenvalue weighted by Gasteiger charge is 2.26. The Bertz CT molecular complexity index is 493. The van der Waals surface area contributed by atoms with Crippen molar-refractivity contribution in [3.05, 3.63) is 33.9 Å². The third-order valence-electron chi connectivity index (χ3n) is 3.86. The summed E-state index contributed by atoms with van der Waals surface area (Å²) in [5.74, 6) is 0.293. The lowest BCUT2D eigenvalue weighted by atomic mass is 10.0. The van der Waals surface area contributed by atoms with Gasteiger partial charge >= 0.3 is 0 Å². The summed E-state index contributed by atoms with van der Waals surface area (Å²) in [6, 6.07) is 5.72. The van der Waals surface area contributed by atoms with Gasteiger partial charge in [-0.1, -0.05) is 6.07 Å². The van der Waals surface area contributed by atoms with Gasteiger partial charge in [0.15, 0.2) is 0 Å². The van der Waals surface area contributed by atoms with Gasteiger partial charge in [-0.3, -0.25) is 10.1 Å². The molecule has 5 nitrogen and oxygen atoms in total. The number of hydrogen-bond acceptors (Lipinski definition) is 4. The Morgan fingerprint density at radius 2 is 2.25 bits per heavy atom. The summed E-state index contributed by atoms with van der Waals surface area (Å²) >= 11 is 5.76. The Morgan fingerprint density at radius 1 is 1.50 bits per heavy atom. The quantitative estimate of drug-likeness (QED) is 0.487. The van der Waals surface area contributed by atoms with E-state index in [9.17, 15) is 10.1 Å². The van der Waals surface area contributed by atoms with E-state index in [1.54, 1.807) is 6.07 Å². The Kier molecular flexibility index (Phi) is 4.83. The third kappa shape index (κ3) is 3.22. The highest BCUT2D eigenvalue weighted by atomic mass is 35.5. The molecule has 1 atom stereocenters. The Morgan fingerprint density at radius 3 is 2.85 bits per heavy atom. The van der Waals surface area contributed by atoms with Crippen LogP contribution in [-0.2, 0) is 5.88 Å². The molecule has 1 aliphatic rings. The van der Waals surface area contributed by atoms with Gasteiger partial charge in [-0.25, -0.2) is 0 Å². The van der Waals surface area contributed by atoms with Gasteiger partial charge in [-0.05, 0) is 38.6 Å². The second-order valence-corrected chi connectivity index (χ2v) is 5.69. The Balaban J connectivity index is 2.29. The van der Waals surface area contributed by atoms with Gasteiger partial charge in [-0.2, -0.15) is 0 Å². The zero-order valence-corrected chi connectivity index (χ0v) is 12.6. The highest BCUT2D eigenvalue weighted by molar-refractivity contribution is 6.17. The maximum atomic E-state index is 11.3. The number of piperidine rings is 1. The number of nitro groups is 1. The molecule has 110 valence electrons. The smallest absolute Gasteiger partial charge is 0.292 e. The van der Waals surface area contributed by atoms with Gasteiger partial charge in [0, 0.05) is 31.1 Å². The normalized spacial score (nSPS) is 19.4. The summed E-state index contributed by atoms with van der Waals surface area (Å²) < 4.78 is 0. The van der Waals surface area contributed by atoms with Crippen molar-refractivity contribution in [2.75, 3.05) is 32.1 Å². The molecule has 0 amide bonds. The standard InChI is InChI=1S/C14H20ClN3O2/c1-16(2)12-4-3-7-17(10-12)13-6-5-11(9-15)8-14(13)18(19)20/h5-6,8,12H,3-4,7,9-10H2,1-2H3. The summed E-state index contributed by atoms with van der Waals surface area (Å²) in [5.41, 5.74) is 1.64. The van der Waals surface area contributed by atoms with Crippen molar-refractivity contribution in [3.8, 4) is 0 Å². The van der Waals surface area contributed by atoms with E-state index >= 15 is 0 Å². The van der Waals surface area contributed by atoms with E-state index in [1.807, 2.05) is 12.1 Å². The number of nitro benzene ring substituents is 1. The molecule has 20 heavy (non-hydrogen) atoms. The van der Waals surface area contributed by atoms with E-state index in [0.717, 1.165) is 31.5 Å². The van der Waals surface area contributed by atoms with Crippen LogP contribution in [0.5, 0.6) is 0 Å². The molecule has 1 unspecified atom stereocenters. The van der Waals surface area contributed by atoms with Crippen LogP contribution in [0.4, 0.5) is 11.4 Å². The molecular formula is C14H20ClN3O2. The number of halogens is 1. The average molecular weight is 298 g/mol. The van der Waals surface area contributed by atoms with Crippen LogP contribution in [0.15, 0.2) is 18.2 Å². The summed E-state index contributed by atoms with van der Waals surface area (Å²) in [5, 5.41) is 11.3. The van der Waals surface area contributed by atoms with Crippen molar-refractivity contribution in [3.63, 3.8) is 0 Å². The van der Waals surface area contributed by atoms with Crippen LogP contribution < -0.4 is 4.90 Å². The summed E-state index contributed by atoms with van der Waals surface area (Å²) in [4.78, 5) is 15.3. The van der Waals surface area contributed by atoms with E-state index in [4.69, 9.17) is 11.6 Å². The van der Waals surface area contributed by atoms with Gasteiger partial charge in [0.05, 0.1) is 4.92 Å². The SMILES string of the molecule is CN(C)C1CCCN(c2ccc(CCl)cc2[N+](=O)[O-])C1. The number of nitrogens with zero attached hydrogens (tertiary/aromatic N) is 3. The lowest BCUT2D eigenvalue weighted by Crippen LogP contribution is -2.45. The summed E-state index contributed by atoms with van der Waals surface area (Å²) in [6.45, 7) is 1.69.